The summed E-state index contributed by atoms with van der Waals surface area (Å²) in [6, 6.07) is 0. The third-order valence-corrected chi connectivity index (χ3v) is 2.08. The van der Waals surface area contributed by atoms with Crippen molar-refractivity contribution < 1.29 is 29.4 Å². The van der Waals surface area contributed by atoms with Gasteiger partial charge in [0.25, 0.3) is 0 Å². The Morgan fingerprint density at radius 1 is 1.50 bits per heavy atom. The molecule has 4 atom stereocenters. The predicted octanol–water partition coefficient (Wildman–Crippen LogP) is -2.20. The second-order valence-electron chi connectivity index (χ2n) is 3.18. The topological polar surface area (TPSA) is 96.2 Å². The van der Waals surface area contributed by atoms with Crippen LogP contribution in [0.5, 0.6) is 0 Å². The molecule has 0 amide bonds. The molecule has 0 radical (unpaired) electrons. The van der Waals surface area contributed by atoms with E-state index in [4.69, 9.17) is 14.4 Å². The Kier molecular flexibility index (Phi) is 4.03. The van der Waals surface area contributed by atoms with Crippen LogP contribution in [0.2, 0.25) is 6.82 Å². The molecule has 80 valence electrons. The molecular weight excluding hydrogens is 191 g/mol. The van der Waals surface area contributed by atoms with Crippen LogP contribution in [0, 0.1) is 0 Å². The standard InChI is InChI=1S/C7H13BO6/c1-8-13-3-5(14-8)7(12)6(11)4(10)2-9/h2,4-7,10-12H,3H2,1H3/t4-,5?,6+,7-/m0/s1. The first-order valence-electron chi connectivity index (χ1n) is 4.33. The maximum absolute atomic E-state index is 10.1. The molecule has 1 rings (SSSR count). The molecular formula is C7H13BO6. The summed E-state index contributed by atoms with van der Waals surface area (Å²) in [6.45, 7) is 1.78. The molecule has 0 aliphatic carbocycles. The molecule has 6 nitrogen and oxygen atoms in total. The smallest absolute Gasteiger partial charge is 0.409 e. The van der Waals surface area contributed by atoms with Crippen molar-refractivity contribution in [3.8, 4) is 0 Å². The van der Waals surface area contributed by atoms with Crippen molar-refractivity contribution in [1.82, 2.24) is 0 Å². The van der Waals surface area contributed by atoms with Crippen LogP contribution < -0.4 is 0 Å². The van der Waals surface area contributed by atoms with Crippen LogP contribution in [0.4, 0.5) is 0 Å². The van der Waals surface area contributed by atoms with Crippen molar-refractivity contribution in [2.24, 2.45) is 0 Å². The fraction of sp³-hybridized carbons (Fsp3) is 0.857. The van der Waals surface area contributed by atoms with E-state index in [1.807, 2.05) is 0 Å². The maximum atomic E-state index is 10.1. The van der Waals surface area contributed by atoms with Gasteiger partial charge in [0, 0.05) is 0 Å². The molecule has 3 N–H and O–H groups in total. The van der Waals surface area contributed by atoms with E-state index in [9.17, 15) is 15.0 Å². The number of aldehydes is 1. The lowest BCUT2D eigenvalue weighted by molar-refractivity contribution is -0.131. The number of carbonyl (C=O) groups is 1. The molecule has 0 aromatic rings. The summed E-state index contributed by atoms with van der Waals surface area (Å²) in [5, 5.41) is 27.7. The number of aliphatic hydroxyl groups excluding tert-OH is 3. The Morgan fingerprint density at radius 3 is 2.57 bits per heavy atom. The third kappa shape index (κ3) is 2.52. The predicted molar refractivity (Wildman–Crippen MR) is 46.5 cm³/mol. The zero-order valence-corrected chi connectivity index (χ0v) is 7.74. The molecule has 0 spiro atoms. The van der Waals surface area contributed by atoms with Gasteiger partial charge in [0.1, 0.15) is 18.3 Å². The molecule has 1 aliphatic rings. The van der Waals surface area contributed by atoms with E-state index in [1.165, 1.54) is 0 Å². The van der Waals surface area contributed by atoms with Gasteiger partial charge >= 0.3 is 7.12 Å². The molecule has 1 heterocycles. The molecule has 1 unspecified atom stereocenters. The van der Waals surface area contributed by atoms with Gasteiger partial charge in [-0.25, -0.2) is 0 Å². The van der Waals surface area contributed by atoms with Crippen LogP contribution in [-0.2, 0) is 14.1 Å². The van der Waals surface area contributed by atoms with E-state index in [2.05, 4.69) is 0 Å². The van der Waals surface area contributed by atoms with Crippen molar-refractivity contribution in [3.63, 3.8) is 0 Å². The van der Waals surface area contributed by atoms with Gasteiger partial charge in [-0.2, -0.15) is 0 Å². The van der Waals surface area contributed by atoms with Gasteiger partial charge in [-0.15, -0.1) is 0 Å². The van der Waals surface area contributed by atoms with Crippen molar-refractivity contribution >= 4 is 13.4 Å². The molecule has 7 heteroatoms. The van der Waals surface area contributed by atoms with Crippen molar-refractivity contribution in [2.45, 2.75) is 31.2 Å². The van der Waals surface area contributed by atoms with Crippen LogP contribution in [0.15, 0.2) is 0 Å². The van der Waals surface area contributed by atoms with Crippen molar-refractivity contribution in [3.05, 3.63) is 0 Å². The first kappa shape index (κ1) is 11.6. The Hall–Kier alpha value is -0.465. The third-order valence-electron chi connectivity index (χ3n) is 2.08. The van der Waals surface area contributed by atoms with E-state index in [0.29, 0.717) is 0 Å². The number of hydrogen-bond donors (Lipinski definition) is 3. The summed E-state index contributed by atoms with van der Waals surface area (Å²) in [7, 11) is -0.449. The number of hydrogen-bond acceptors (Lipinski definition) is 6. The van der Waals surface area contributed by atoms with Gasteiger partial charge in [0.15, 0.2) is 6.29 Å². The minimum absolute atomic E-state index is 0.130. The van der Waals surface area contributed by atoms with Crippen molar-refractivity contribution in [1.29, 1.82) is 0 Å². The highest BCUT2D eigenvalue weighted by atomic mass is 16.6. The minimum atomic E-state index is -1.61. The van der Waals surface area contributed by atoms with Crippen LogP contribution >= 0.6 is 0 Å². The van der Waals surface area contributed by atoms with E-state index < -0.39 is 31.5 Å². The Morgan fingerprint density at radius 2 is 2.14 bits per heavy atom. The Labute approximate surface area is 81.6 Å². The zero-order chi connectivity index (χ0) is 10.7. The quantitative estimate of drug-likeness (QED) is 0.355. The molecule has 14 heavy (non-hydrogen) atoms. The Bertz CT molecular complexity index is 201. The second kappa shape index (κ2) is 4.85. The molecule has 1 fully saturated rings. The lowest BCUT2D eigenvalue weighted by atomic mass is 9.96. The zero-order valence-electron chi connectivity index (χ0n) is 7.74. The van der Waals surface area contributed by atoms with Crippen LogP contribution in [0.3, 0.4) is 0 Å². The maximum Gasteiger partial charge on any atom is 0.453 e. The van der Waals surface area contributed by atoms with Gasteiger partial charge in [-0.05, 0) is 6.82 Å². The number of aliphatic hydroxyl groups is 3. The normalized spacial score (nSPS) is 28.6. The van der Waals surface area contributed by atoms with Gasteiger partial charge < -0.3 is 29.4 Å². The van der Waals surface area contributed by atoms with E-state index >= 15 is 0 Å². The highest BCUT2D eigenvalue weighted by Gasteiger charge is 2.37. The molecule has 1 saturated heterocycles. The van der Waals surface area contributed by atoms with E-state index in [-0.39, 0.29) is 12.9 Å². The fourth-order valence-corrected chi connectivity index (χ4v) is 1.24. The summed E-state index contributed by atoms with van der Waals surface area (Å²) in [4.78, 5) is 10.1. The molecule has 0 saturated carbocycles. The summed E-state index contributed by atoms with van der Waals surface area (Å²) in [5.41, 5.74) is 0. The van der Waals surface area contributed by atoms with E-state index in [1.54, 1.807) is 6.82 Å². The number of rotatable bonds is 4. The molecule has 0 aromatic heterocycles. The van der Waals surface area contributed by atoms with Gasteiger partial charge in [0.2, 0.25) is 0 Å². The van der Waals surface area contributed by atoms with Gasteiger partial charge in [-0.1, -0.05) is 0 Å². The highest BCUT2D eigenvalue weighted by Crippen LogP contribution is 2.15. The molecule has 1 aliphatic heterocycles. The summed E-state index contributed by atoms with van der Waals surface area (Å²) in [5.74, 6) is 0. The average molecular weight is 204 g/mol. The summed E-state index contributed by atoms with van der Waals surface area (Å²) >= 11 is 0. The summed E-state index contributed by atoms with van der Waals surface area (Å²) < 4.78 is 10.1. The Balaban J connectivity index is 2.47. The average Bonchev–Trinajstić information content (AvgIpc) is 2.61. The molecule has 0 aromatic carbocycles. The first-order chi connectivity index (χ1) is 6.56. The fourth-order valence-electron chi connectivity index (χ4n) is 1.24. The highest BCUT2D eigenvalue weighted by molar-refractivity contribution is 6.43. The second-order valence-corrected chi connectivity index (χ2v) is 3.18. The summed E-state index contributed by atoms with van der Waals surface area (Å²) in [6.07, 6.45) is -5.04. The van der Waals surface area contributed by atoms with Gasteiger partial charge in [0.05, 0.1) is 12.7 Å². The van der Waals surface area contributed by atoms with Crippen LogP contribution in [0.25, 0.3) is 0 Å². The monoisotopic (exact) mass is 204 g/mol. The van der Waals surface area contributed by atoms with Crippen molar-refractivity contribution in [2.75, 3.05) is 6.61 Å². The van der Waals surface area contributed by atoms with Crippen LogP contribution in [-0.4, -0.2) is 59.7 Å². The minimum Gasteiger partial charge on any atom is -0.409 e. The lowest BCUT2D eigenvalue weighted by Gasteiger charge is -2.23. The van der Waals surface area contributed by atoms with E-state index in [0.717, 1.165) is 0 Å². The number of carbonyl (C=O) groups excluding carboxylic acids is 1. The first-order valence-corrected chi connectivity index (χ1v) is 4.33. The van der Waals surface area contributed by atoms with Gasteiger partial charge in [-0.3, -0.25) is 0 Å². The molecule has 0 bridgehead atoms. The lowest BCUT2D eigenvalue weighted by Crippen LogP contribution is -2.46. The SMILES string of the molecule is CB1OCC([C@H](O)[C@H](O)[C@@H](O)C=O)O1. The van der Waals surface area contributed by atoms with Crippen LogP contribution in [0.1, 0.15) is 0 Å². The largest absolute Gasteiger partial charge is 0.453 e.